The molecular weight excluding hydrogens is 637 g/mol. The first kappa shape index (κ1) is 31.9. The van der Waals surface area contributed by atoms with Crippen LogP contribution in [0.25, 0.3) is 0 Å². The maximum atomic E-state index is 14.1. The maximum Gasteiger partial charge on any atom is 0.264 e. The summed E-state index contributed by atoms with van der Waals surface area (Å²) in [5.74, 6) is -0.957. The average Bonchev–Trinajstić information content (AvgIpc) is 2.88. The second kappa shape index (κ2) is 13.4. The molecule has 40 heavy (non-hydrogen) atoms. The van der Waals surface area contributed by atoms with Gasteiger partial charge in [0.1, 0.15) is 12.6 Å². The van der Waals surface area contributed by atoms with E-state index in [0.29, 0.717) is 21.3 Å². The van der Waals surface area contributed by atoms with E-state index in [1.54, 1.807) is 67.6 Å². The molecule has 3 aromatic rings. The maximum absolute atomic E-state index is 14.1. The van der Waals surface area contributed by atoms with E-state index in [1.807, 2.05) is 20.8 Å². The summed E-state index contributed by atoms with van der Waals surface area (Å²) in [6.07, 6.45) is 0.277. The van der Waals surface area contributed by atoms with Crippen LogP contribution in [0.15, 0.2) is 82.2 Å². The molecule has 1 N–H and O–H groups in total. The van der Waals surface area contributed by atoms with Crippen LogP contribution in [0.3, 0.4) is 0 Å². The standard InChI is InChI=1S/C29H32BrCl2N3O4S/c1-5-26(28(37)33-29(2,3)4)34(18-23-24(31)12-9-13-25(23)32)27(36)19-35(21-16-14-20(30)15-17-21)40(38,39)22-10-7-6-8-11-22/h6-17,26H,5,18-19H2,1-4H3,(H,33,37)/t26-/m1/s1. The molecule has 11 heteroatoms. The number of amides is 2. The third kappa shape index (κ3) is 8.00. The van der Waals surface area contributed by atoms with Gasteiger partial charge in [-0.3, -0.25) is 13.9 Å². The lowest BCUT2D eigenvalue weighted by atomic mass is 10.1. The Hall–Kier alpha value is -2.59. The Morgan fingerprint density at radius 2 is 1.50 bits per heavy atom. The fourth-order valence-corrected chi connectivity index (χ4v) is 6.30. The molecule has 3 rings (SSSR count). The number of benzene rings is 3. The smallest absolute Gasteiger partial charge is 0.264 e. The van der Waals surface area contributed by atoms with E-state index < -0.39 is 34.1 Å². The third-order valence-electron chi connectivity index (χ3n) is 6.00. The molecule has 0 radical (unpaired) electrons. The molecular formula is C29H32BrCl2N3O4S. The number of rotatable bonds is 10. The van der Waals surface area contributed by atoms with Crippen molar-refractivity contribution in [1.82, 2.24) is 10.2 Å². The Bertz CT molecular complexity index is 1430. The van der Waals surface area contributed by atoms with Crippen LogP contribution in [0.4, 0.5) is 5.69 Å². The molecule has 2 amide bonds. The summed E-state index contributed by atoms with van der Waals surface area (Å²) < 4.78 is 29.4. The van der Waals surface area contributed by atoms with E-state index in [1.165, 1.54) is 17.0 Å². The molecule has 0 heterocycles. The van der Waals surface area contributed by atoms with Gasteiger partial charge in [0, 0.05) is 32.2 Å². The first-order valence-corrected chi connectivity index (χ1v) is 15.6. The second-order valence-corrected chi connectivity index (χ2v) is 13.8. The lowest BCUT2D eigenvalue weighted by molar-refractivity contribution is -0.141. The molecule has 7 nitrogen and oxygen atoms in total. The number of halogens is 3. The molecule has 0 saturated carbocycles. The third-order valence-corrected chi connectivity index (χ3v) is 9.02. The number of nitrogens with zero attached hydrogens (tertiary/aromatic N) is 2. The fourth-order valence-electron chi connectivity index (χ4n) is 4.08. The predicted octanol–water partition coefficient (Wildman–Crippen LogP) is 6.67. The van der Waals surface area contributed by atoms with Crippen LogP contribution in [0.2, 0.25) is 10.0 Å². The molecule has 0 aliphatic heterocycles. The zero-order valence-corrected chi connectivity index (χ0v) is 26.6. The van der Waals surface area contributed by atoms with Gasteiger partial charge in [-0.2, -0.15) is 0 Å². The van der Waals surface area contributed by atoms with Crippen molar-refractivity contribution in [2.24, 2.45) is 0 Å². The van der Waals surface area contributed by atoms with Crippen molar-refractivity contribution in [2.45, 2.75) is 57.1 Å². The zero-order chi connectivity index (χ0) is 29.7. The van der Waals surface area contributed by atoms with Gasteiger partial charge in [0.25, 0.3) is 10.0 Å². The number of hydrogen-bond donors (Lipinski definition) is 1. The first-order valence-electron chi connectivity index (χ1n) is 12.6. The Labute approximate surface area is 254 Å². The molecule has 0 saturated heterocycles. The highest BCUT2D eigenvalue weighted by Crippen LogP contribution is 2.29. The van der Waals surface area contributed by atoms with Gasteiger partial charge in [0.2, 0.25) is 11.8 Å². The van der Waals surface area contributed by atoms with Crippen LogP contribution in [-0.2, 0) is 26.2 Å². The minimum atomic E-state index is -4.15. The SMILES string of the molecule is CC[C@H](C(=O)NC(C)(C)C)N(Cc1c(Cl)cccc1Cl)C(=O)CN(c1ccc(Br)cc1)S(=O)(=O)c1ccccc1. The largest absolute Gasteiger partial charge is 0.350 e. The van der Waals surface area contributed by atoms with Crippen LogP contribution >= 0.6 is 39.1 Å². The van der Waals surface area contributed by atoms with Crippen molar-refractivity contribution in [3.05, 3.63) is 92.9 Å². The lowest BCUT2D eigenvalue weighted by Gasteiger charge is -2.35. The number of anilines is 1. The predicted molar refractivity (Wildman–Crippen MR) is 164 cm³/mol. The van der Waals surface area contributed by atoms with Gasteiger partial charge in [-0.1, -0.05) is 70.3 Å². The van der Waals surface area contributed by atoms with Crippen molar-refractivity contribution < 1.29 is 18.0 Å². The van der Waals surface area contributed by atoms with Crippen molar-refractivity contribution in [1.29, 1.82) is 0 Å². The van der Waals surface area contributed by atoms with Gasteiger partial charge in [0.05, 0.1) is 10.6 Å². The van der Waals surface area contributed by atoms with E-state index in [2.05, 4.69) is 21.2 Å². The highest BCUT2D eigenvalue weighted by molar-refractivity contribution is 9.10. The van der Waals surface area contributed by atoms with Gasteiger partial charge in [-0.05, 0) is 75.7 Å². The molecule has 1 atom stereocenters. The van der Waals surface area contributed by atoms with E-state index in [4.69, 9.17) is 23.2 Å². The normalized spacial score (nSPS) is 12.5. The Kier molecular flexibility index (Phi) is 10.7. The Balaban J connectivity index is 2.10. The Morgan fingerprint density at radius 3 is 2.02 bits per heavy atom. The van der Waals surface area contributed by atoms with E-state index >= 15 is 0 Å². The highest BCUT2D eigenvalue weighted by atomic mass is 79.9. The van der Waals surface area contributed by atoms with Crippen molar-refractivity contribution in [2.75, 3.05) is 10.8 Å². The van der Waals surface area contributed by atoms with Gasteiger partial charge in [0.15, 0.2) is 0 Å². The summed E-state index contributed by atoms with van der Waals surface area (Å²) in [5.41, 5.74) is 0.201. The molecule has 0 aromatic heterocycles. The molecule has 0 aliphatic carbocycles. The number of carbonyl (C=O) groups is 2. The number of sulfonamides is 1. The first-order chi connectivity index (χ1) is 18.7. The van der Waals surface area contributed by atoms with Crippen LogP contribution in [0, 0.1) is 0 Å². The lowest BCUT2D eigenvalue weighted by Crippen LogP contribution is -2.55. The van der Waals surface area contributed by atoms with E-state index in [9.17, 15) is 18.0 Å². The highest BCUT2D eigenvalue weighted by Gasteiger charge is 2.35. The molecule has 0 unspecified atom stereocenters. The van der Waals surface area contributed by atoms with E-state index in [-0.39, 0.29) is 23.8 Å². The monoisotopic (exact) mass is 667 g/mol. The summed E-state index contributed by atoms with van der Waals surface area (Å²) >= 11 is 16.3. The van der Waals surface area contributed by atoms with Gasteiger partial charge in [-0.25, -0.2) is 8.42 Å². The van der Waals surface area contributed by atoms with Crippen molar-refractivity contribution >= 4 is 66.7 Å². The molecule has 0 aliphatic rings. The zero-order valence-electron chi connectivity index (χ0n) is 22.7. The Morgan fingerprint density at radius 1 is 0.925 bits per heavy atom. The number of nitrogens with one attached hydrogen (secondary N) is 1. The van der Waals surface area contributed by atoms with E-state index in [0.717, 1.165) is 8.78 Å². The molecule has 0 bridgehead atoms. The average molecular weight is 669 g/mol. The van der Waals surface area contributed by atoms with Crippen molar-refractivity contribution in [3.63, 3.8) is 0 Å². The topological polar surface area (TPSA) is 86.8 Å². The molecule has 0 spiro atoms. The van der Waals surface area contributed by atoms with Crippen LogP contribution in [0.5, 0.6) is 0 Å². The quantitative estimate of drug-likeness (QED) is 0.261. The summed E-state index contributed by atoms with van der Waals surface area (Å²) in [4.78, 5) is 28.9. The minimum absolute atomic E-state index is 0.0314. The molecule has 3 aromatic carbocycles. The van der Waals surface area contributed by atoms with Crippen LogP contribution in [0.1, 0.15) is 39.7 Å². The summed E-state index contributed by atoms with van der Waals surface area (Å²) in [5, 5.41) is 3.60. The van der Waals surface area contributed by atoms with Crippen LogP contribution < -0.4 is 9.62 Å². The minimum Gasteiger partial charge on any atom is -0.350 e. The van der Waals surface area contributed by atoms with Gasteiger partial charge in [-0.15, -0.1) is 0 Å². The summed E-state index contributed by atoms with van der Waals surface area (Å²) in [6, 6.07) is 18.6. The number of hydrogen-bond acceptors (Lipinski definition) is 4. The van der Waals surface area contributed by atoms with Crippen molar-refractivity contribution in [3.8, 4) is 0 Å². The summed E-state index contributed by atoms with van der Waals surface area (Å²) in [7, 11) is -4.15. The van der Waals surface area contributed by atoms with Gasteiger partial charge < -0.3 is 10.2 Å². The summed E-state index contributed by atoms with van der Waals surface area (Å²) in [6.45, 7) is 6.67. The van der Waals surface area contributed by atoms with Gasteiger partial charge >= 0.3 is 0 Å². The molecule has 0 fully saturated rings. The second-order valence-electron chi connectivity index (χ2n) is 10.2. The molecule has 214 valence electrons. The fraction of sp³-hybridized carbons (Fsp3) is 0.310. The number of carbonyl (C=O) groups excluding carboxylic acids is 2. The van der Waals surface area contributed by atoms with Crippen LogP contribution in [-0.4, -0.2) is 43.3 Å².